The molecule has 0 amide bonds. The fourth-order valence-electron chi connectivity index (χ4n) is 0.564. The van der Waals surface area contributed by atoms with Crippen molar-refractivity contribution in [2.45, 2.75) is 30.2 Å². The van der Waals surface area contributed by atoms with Gasteiger partial charge in [-0.15, -0.1) is 0 Å². The molecule has 0 fully saturated rings. The molecule has 14 heteroatoms. The van der Waals surface area contributed by atoms with Gasteiger partial charge in [0.2, 0.25) is 0 Å². The predicted molar refractivity (Wildman–Crippen MR) is 32.4 cm³/mol. The first-order valence-electron chi connectivity index (χ1n) is 3.87. The van der Waals surface area contributed by atoms with E-state index < -0.39 is 36.7 Å². The lowest BCUT2D eigenvalue weighted by molar-refractivity contribution is -0.497. The second-order valence-corrected chi connectivity index (χ2v) is 3.04. The second-order valence-electron chi connectivity index (χ2n) is 3.04. The number of halogens is 13. The van der Waals surface area contributed by atoms with E-state index >= 15 is 0 Å². The van der Waals surface area contributed by atoms with E-state index in [2.05, 4.69) is 0 Å². The molecule has 0 saturated carbocycles. The van der Waals surface area contributed by atoms with Gasteiger partial charge in [-0.2, -0.15) is 57.1 Å². The van der Waals surface area contributed by atoms with Crippen LogP contribution in [0.3, 0.4) is 0 Å². The van der Waals surface area contributed by atoms with Crippen molar-refractivity contribution in [3.05, 3.63) is 6.43 Å². The first-order chi connectivity index (χ1) is 8.40. The molecule has 0 heterocycles. The Hall–Kier alpha value is -0.950. The molecule has 0 N–H and O–H groups in total. The van der Waals surface area contributed by atoms with Gasteiger partial charge in [0.1, 0.15) is 0 Å². The average Bonchev–Trinajstić information content (AvgIpc) is 2.12. The average molecular weight is 335 g/mol. The van der Waals surface area contributed by atoms with Gasteiger partial charge in [0, 0.05) is 0 Å². The molecule has 0 bridgehead atoms. The molecule has 0 rings (SSSR count). The largest absolute Gasteiger partial charge is 0.462 e. The summed E-state index contributed by atoms with van der Waals surface area (Å²) in [5.41, 5.74) is 0. The Labute approximate surface area is 99.8 Å². The summed E-state index contributed by atoms with van der Waals surface area (Å²) < 4.78 is 156. The Morgan fingerprint density at radius 3 is 1.20 bits per heavy atom. The molecule has 0 aliphatic rings. The summed E-state index contributed by atoms with van der Waals surface area (Å²) in [7, 11) is 0. The lowest BCUT2D eigenvalue weighted by Gasteiger charge is -2.32. The fraction of sp³-hybridized carbons (Fsp3) is 0.833. The van der Waals surface area contributed by atoms with Gasteiger partial charge in [0.25, 0.3) is 0 Å². The van der Waals surface area contributed by atoms with Crippen LogP contribution in [0.4, 0.5) is 57.1 Å². The first kappa shape index (κ1) is 19.1. The van der Waals surface area contributed by atoms with Crippen LogP contribution in [0.25, 0.3) is 0 Å². The van der Waals surface area contributed by atoms with Crippen molar-refractivity contribution >= 4 is 0 Å². The molecule has 0 aliphatic heterocycles. The van der Waals surface area contributed by atoms with Crippen LogP contribution in [0, 0.1) is 6.43 Å². The van der Waals surface area contributed by atoms with Crippen molar-refractivity contribution in [1.29, 1.82) is 0 Å². The monoisotopic (exact) mass is 335 g/mol. The molecule has 20 heavy (non-hydrogen) atoms. The fourth-order valence-corrected chi connectivity index (χ4v) is 0.564. The van der Waals surface area contributed by atoms with E-state index in [9.17, 15) is 57.1 Å². The highest BCUT2D eigenvalue weighted by atomic mass is 19.4. The number of hydrogen-bond donors (Lipinski definition) is 0. The summed E-state index contributed by atoms with van der Waals surface area (Å²) in [6, 6.07) is 0. The summed E-state index contributed by atoms with van der Waals surface area (Å²) >= 11 is 0. The number of alkyl halides is 11. The van der Waals surface area contributed by atoms with Crippen molar-refractivity contribution in [3.8, 4) is 0 Å². The number of ether oxygens (including phenoxy) is 1. The summed E-state index contributed by atoms with van der Waals surface area (Å²) in [4.78, 5) is 0. The van der Waals surface area contributed by atoms with Crippen LogP contribution in [0.2, 0.25) is 0 Å². The molecule has 0 aliphatic carbocycles. The third kappa shape index (κ3) is 3.03. The van der Waals surface area contributed by atoms with Crippen LogP contribution in [0.5, 0.6) is 0 Å². The summed E-state index contributed by atoms with van der Waals surface area (Å²) in [6.45, 7) is 0. The summed E-state index contributed by atoms with van der Waals surface area (Å²) in [5.74, 6) is -14.1. The van der Waals surface area contributed by atoms with Gasteiger partial charge in [-0.25, -0.2) is 4.74 Å². The van der Waals surface area contributed by atoms with Gasteiger partial charge < -0.3 is 0 Å². The minimum absolute atomic E-state index is 1.36. The van der Waals surface area contributed by atoms with Gasteiger partial charge in [0.05, 0.1) is 0 Å². The molecule has 0 aromatic heterocycles. The molecular formula is C6F13O. The van der Waals surface area contributed by atoms with E-state index in [1.165, 1.54) is 4.74 Å². The highest BCUT2D eigenvalue weighted by molar-refractivity contribution is 4.94. The predicted octanol–water partition coefficient (Wildman–Crippen LogP) is 4.45. The minimum atomic E-state index is -7.33. The Morgan fingerprint density at radius 1 is 0.600 bits per heavy atom. The number of rotatable bonds is 5. The maximum absolute atomic E-state index is 12.2. The molecule has 0 spiro atoms. The Balaban J connectivity index is 5.50. The normalized spacial score (nSPS) is 15.9. The molecule has 0 saturated heterocycles. The van der Waals surface area contributed by atoms with E-state index in [4.69, 9.17) is 0 Å². The maximum Gasteiger partial charge on any atom is 0.462 e. The van der Waals surface area contributed by atoms with E-state index in [1.807, 2.05) is 0 Å². The zero-order chi connectivity index (χ0) is 16.8. The SMILES string of the molecule is F[C](F)C(F)(F)C(F)(F)OC(F)(F)C(F)(F)C(F)(F)F. The summed E-state index contributed by atoms with van der Waals surface area (Å²) in [5, 5.41) is 0. The molecule has 0 atom stereocenters. The van der Waals surface area contributed by atoms with Crippen LogP contribution < -0.4 is 0 Å². The van der Waals surface area contributed by atoms with Crippen LogP contribution in [-0.2, 0) is 4.74 Å². The molecule has 121 valence electrons. The Bertz CT molecular complexity index is 341. The highest BCUT2D eigenvalue weighted by Gasteiger charge is 2.79. The zero-order valence-electron chi connectivity index (χ0n) is 8.32. The minimum Gasteiger partial charge on any atom is -0.245 e. The van der Waals surface area contributed by atoms with Gasteiger partial charge in [-0.1, -0.05) is 0 Å². The van der Waals surface area contributed by atoms with Crippen LogP contribution >= 0.6 is 0 Å². The number of hydrogen-bond acceptors (Lipinski definition) is 1. The highest BCUT2D eigenvalue weighted by Crippen LogP contribution is 2.52. The maximum atomic E-state index is 12.2. The van der Waals surface area contributed by atoms with Crippen molar-refractivity contribution in [3.63, 3.8) is 0 Å². The van der Waals surface area contributed by atoms with Gasteiger partial charge in [-0.05, 0) is 0 Å². The first-order valence-corrected chi connectivity index (χ1v) is 3.87. The Kier molecular flexibility index (Phi) is 4.58. The molecular weight excluding hydrogens is 335 g/mol. The lowest BCUT2D eigenvalue weighted by Crippen LogP contribution is -2.59. The third-order valence-electron chi connectivity index (χ3n) is 1.58. The lowest BCUT2D eigenvalue weighted by atomic mass is 10.3. The van der Waals surface area contributed by atoms with Crippen LogP contribution in [-0.4, -0.2) is 30.2 Å². The topological polar surface area (TPSA) is 9.23 Å². The Morgan fingerprint density at radius 2 is 0.950 bits per heavy atom. The second kappa shape index (κ2) is 4.80. The molecule has 0 aromatic rings. The molecule has 0 aromatic carbocycles. The van der Waals surface area contributed by atoms with Crippen LogP contribution in [0.15, 0.2) is 0 Å². The molecule has 1 radical (unpaired) electrons. The summed E-state index contributed by atoms with van der Waals surface area (Å²) in [6.07, 6.45) is -26.0. The van der Waals surface area contributed by atoms with Gasteiger partial charge in [0.15, 0.2) is 0 Å². The smallest absolute Gasteiger partial charge is 0.245 e. The quantitative estimate of drug-likeness (QED) is 0.675. The standard InChI is InChI=1S/C6F13O/c7-1(8)2(9,10)5(16,17)20-6(18,19)3(11,12)4(13,14)15. The van der Waals surface area contributed by atoms with E-state index in [0.29, 0.717) is 0 Å². The van der Waals surface area contributed by atoms with Crippen LogP contribution in [0.1, 0.15) is 0 Å². The van der Waals surface area contributed by atoms with Gasteiger partial charge >= 0.3 is 36.7 Å². The third-order valence-corrected chi connectivity index (χ3v) is 1.58. The van der Waals surface area contributed by atoms with E-state index in [-0.39, 0.29) is 0 Å². The zero-order valence-corrected chi connectivity index (χ0v) is 8.32. The van der Waals surface area contributed by atoms with Crippen molar-refractivity contribution < 1.29 is 61.8 Å². The van der Waals surface area contributed by atoms with Crippen molar-refractivity contribution in [2.75, 3.05) is 0 Å². The van der Waals surface area contributed by atoms with Crippen molar-refractivity contribution in [2.24, 2.45) is 0 Å². The van der Waals surface area contributed by atoms with Crippen molar-refractivity contribution in [1.82, 2.24) is 0 Å². The molecule has 1 nitrogen and oxygen atoms in total. The molecule has 0 unspecified atom stereocenters. The van der Waals surface area contributed by atoms with E-state index in [1.54, 1.807) is 0 Å². The van der Waals surface area contributed by atoms with E-state index in [0.717, 1.165) is 0 Å². The van der Waals surface area contributed by atoms with Gasteiger partial charge in [-0.3, -0.25) is 0 Å².